The van der Waals surface area contributed by atoms with Crippen LogP contribution in [-0.4, -0.2) is 28.1 Å². The molecular formula is C22H30N4O2. The van der Waals surface area contributed by atoms with Gasteiger partial charge >= 0.3 is 0 Å². The third-order valence-electron chi connectivity index (χ3n) is 5.21. The van der Waals surface area contributed by atoms with Crippen molar-refractivity contribution in [2.75, 3.05) is 16.8 Å². The predicted octanol–water partition coefficient (Wildman–Crippen LogP) is 3.85. The fourth-order valence-electron chi connectivity index (χ4n) is 3.73. The van der Waals surface area contributed by atoms with Crippen LogP contribution < -0.4 is 10.2 Å². The predicted molar refractivity (Wildman–Crippen MR) is 112 cm³/mol. The number of carbonyl (C=O) groups is 2. The summed E-state index contributed by atoms with van der Waals surface area (Å²) >= 11 is 0. The van der Waals surface area contributed by atoms with Crippen LogP contribution in [0.1, 0.15) is 50.1 Å². The average molecular weight is 383 g/mol. The molecule has 0 radical (unpaired) electrons. The summed E-state index contributed by atoms with van der Waals surface area (Å²) in [6, 6.07) is 7.50. The standard InChI is InChI=1S/C22H30N4O2/c1-15(2)14-26-17(4)20(16(3)24-26)11-12-21(27)23-18-7-9-19(10-8-18)25-13-5-6-22(25)28/h7-10,15H,5-6,11-14H2,1-4H3,(H,23,27). The summed E-state index contributed by atoms with van der Waals surface area (Å²) < 4.78 is 2.05. The quantitative estimate of drug-likeness (QED) is 0.791. The number of carbonyl (C=O) groups excluding carboxylic acids is 2. The Morgan fingerprint density at radius 1 is 1.21 bits per heavy atom. The fourth-order valence-corrected chi connectivity index (χ4v) is 3.73. The van der Waals surface area contributed by atoms with Gasteiger partial charge in [-0.2, -0.15) is 5.10 Å². The Kier molecular flexibility index (Phi) is 6.17. The number of nitrogens with one attached hydrogen (secondary N) is 1. The van der Waals surface area contributed by atoms with Crippen LogP contribution in [0.4, 0.5) is 11.4 Å². The molecule has 0 saturated carbocycles. The molecule has 1 aliphatic heterocycles. The van der Waals surface area contributed by atoms with Crippen LogP contribution in [-0.2, 0) is 22.6 Å². The van der Waals surface area contributed by atoms with Gasteiger partial charge in [0.2, 0.25) is 11.8 Å². The molecule has 150 valence electrons. The molecule has 1 N–H and O–H groups in total. The minimum Gasteiger partial charge on any atom is -0.326 e. The van der Waals surface area contributed by atoms with Gasteiger partial charge in [0.05, 0.1) is 5.69 Å². The summed E-state index contributed by atoms with van der Waals surface area (Å²) in [5, 5.41) is 7.57. The summed E-state index contributed by atoms with van der Waals surface area (Å²) in [5.74, 6) is 0.689. The number of amides is 2. The molecule has 2 heterocycles. The van der Waals surface area contributed by atoms with Crippen molar-refractivity contribution in [2.45, 2.75) is 59.9 Å². The van der Waals surface area contributed by atoms with Crippen molar-refractivity contribution in [1.82, 2.24) is 9.78 Å². The second-order valence-electron chi connectivity index (χ2n) is 7.97. The normalized spacial score (nSPS) is 14.2. The maximum absolute atomic E-state index is 12.4. The molecule has 6 nitrogen and oxygen atoms in total. The monoisotopic (exact) mass is 382 g/mol. The van der Waals surface area contributed by atoms with Crippen molar-refractivity contribution in [3.05, 3.63) is 41.2 Å². The fraction of sp³-hybridized carbons (Fsp3) is 0.500. The Labute approximate surface area is 166 Å². The van der Waals surface area contributed by atoms with E-state index >= 15 is 0 Å². The molecule has 0 spiro atoms. The van der Waals surface area contributed by atoms with Gasteiger partial charge < -0.3 is 10.2 Å². The highest BCUT2D eigenvalue weighted by Crippen LogP contribution is 2.23. The van der Waals surface area contributed by atoms with Crippen LogP contribution in [0.15, 0.2) is 24.3 Å². The van der Waals surface area contributed by atoms with Crippen LogP contribution >= 0.6 is 0 Å². The van der Waals surface area contributed by atoms with Gasteiger partial charge in [-0.15, -0.1) is 0 Å². The molecule has 2 aromatic rings. The molecule has 2 amide bonds. The number of rotatable bonds is 7. The largest absolute Gasteiger partial charge is 0.326 e. The van der Waals surface area contributed by atoms with Crippen molar-refractivity contribution < 1.29 is 9.59 Å². The van der Waals surface area contributed by atoms with Crippen molar-refractivity contribution in [3.63, 3.8) is 0 Å². The van der Waals surface area contributed by atoms with Crippen LogP contribution in [0.2, 0.25) is 0 Å². The van der Waals surface area contributed by atoms with Gasteiger partial charge in [-0.1, -0.05) is 13.8 Å². The van der Waals surface area contributed by atoms with Crippen LogP contribution in [0.25, 0.3) is 0 Å². The molecule has 1 fully saturated rings. The highest BCUT2D eigenvalue weighted by atomic mass is 16.2. The Hall–Kier alpha value is -2.63. The first-order valence-corrected chi connectivity index (χ1v) is 10.1. The van der Waals surface area contributed by atoms with Gasteiger partial charge in [0, 0.05) is 43.0 Å². The van der Waals surface area contributed by atoms with Crippen LogP contribution in [0, 0.1) is 19.8 Å². The molecule has 3 rings (SSSR count). The van der Waals surface area contributed by atoms with E-state index in [9.17, 15) is 9.59 Å². The van der Waals surface area contributed by atoms with E-state index in [0.29, 0.717) is 25.2 Å². The van der Waals surface area contributed by atoms with Gasteiger partial charge in [-0.05, 0) is 62.4 Å². The van der Waals surface area contributed by atoms with Gasteiger partial charge in [0.25, 0.3) is 0 Å². The van der Waals surface area contributed by atoms with Crippen molar-refractivity contribution in [3.8, 4) is 0 Å². The van der Waals surface area contributed by atoms with E-state index in [1.807, 2.05) is 35.9 Å². The van der Waals surface area contributed by atoms with Crippen LogP contribution in [0.3, 0.4) is 0 Å². The van der Waals surface area contributed by atoms with E-state index in [4.69, 9.17) is 0 Å². The zero-order chi connectivity index (χ0) is 20.3. The minimum absolute atomic E-state index is 0.0135. The van der Waals surface area contributed by atoms with Gasteiger partial charge in [0.1, 0.15) is 0 Å². The zero-order valence-corrected chi connectivity index (χ0v) is 17.3. The van der Waals surface area contributed by atoms with Crippen molar-refractivity contribution in [2.24, 2.45) is 5.92 Å². The van der Waals surface area contributed by atoms with E-state index in [2.05, 4.69) is 31.2 Å². The molecule has 1 aliphatic rings. The Morgan fingerprint density at radius 3 is 2.54 bits per heavy atom. The van der Waals surface area contributed by atoms with Crippen molar-refractivity contribution >= 4 is 23.2 Å². The summed E-state index contributed by atoms with van der Waals surface area (Å²) in [6.07, 6.45) is 2.62. The van der Waals surface area contributed by atoms with Gasteiger partial charge in [-0.3, -0.25) is 14.3 Å². The molecule has 0 bridgehead atoms. The zero-order valence-electron chi connectivity index (χ0n) is 17.3. The molecular weight excluding hydrogens is 352 g/mol. The molecule has 1 saturated heterocycles. The number of aryl methyl sites for hydroxylation is 1. The highest BCUT2D eigenvalue weighted by molar-refractivity contribution is 5.96. The Bertz CT molecular complexity index is 852. The maximum Gasteiger partial charge on any atom is 0.227 e. The third kappa shape index (κ3) is 4.61. The summed E-state index contributed by atoms with van der Waals surface area (Å²) in [7, 11) is 0. The maximum atomic E-state index is 12.4. The van der Waals surface area contributed by atoms with E-state index in [0.717, 1.165) is 42.3 Å². The summed E-state index contributed by atoms with van der Waals surface area (Å²) in [4.78, 5) is 26.0. The lowest BCUT2D eigenvalue weighted by Crippen LogP contribution is -2.23. The summed E-state index contributed by atoms with van der Waals surface area (Å²) in [6.45, 7) is 10.1. The van der Waals surface area contributed by atoms with Crippen molar-refractivity contribution in [1.29, 1.82) is 0 Å². The first-order chi connectivity index (χ1) is 13.3. The lowest BCUT2D eigenvalue weighted by molar-refractivity contribution is -0.117. The number of hydrogen-bond donors (Lipinski definition) is 1. The highest BCUT2D eigenvalue weighted by Gasteiger charge is 2.21. The number of aromatic nitrogens is 2. The third-order valence-corrected chi connectivity index (χ3v) is 5.21. The molecule has 28 heavy (non-hydrogen) atoms. The van der Waals surface area contributed by atoms with E-state index in [1.54, 1.807) is 4.90 Å². The number of nitrogens with zero attached hydrogens (tertiary/aromatic N) is 3. The average Bonchev–Trinajstić information content (AvgIpc) is 3.17. The second kappa shape index (κ2) is 8.59. The first-order valence-electron chi connectivity index (χ1n) is 10.1. The molecule has 6 heteroatoms. The smallest absolute Gasteiger partial charge is 0.227 e. The number of benzene rings is 1. The van der Waals surface area contributed by atoms with Crippen LogP contribution in [0.5, 0.6) is 0 Å². The molecule has 0 atom stereocenters. The molecule has 1 aromatic heterocycles. The lowest BCUT2D eigenvalue weighted by atomic mass is 10.1. The summed E-state index contributed by atoms with van der Waals surface area (Å²) in [5.41, 5.74) is 4.97. The first kappa shape index (κ1) is 20.1. The van der Waals surface area contributed by atoms with E-state index in [1.165, 1.54) is 5.56 Å². The Morgan fingerprint density at radius 2 is 1.93 bits per heavy atom. The molecule has 0 aliphatic carbocycles. The molecule has 1 aromatic carbocycles. The van der Waals surface area contributed by atoms with Gasteiger partial charge in [0.15, 0.2) is 0 Å². The number of hydrogen-bond acceptors (Lipinski definition) is 3. The second-order valence-corrected chi connectivity index (χ2v) is 7.97. The Balaban J connectivity index is 1.56. The molecule has 0 unspecified atom stereocenters. The topological polar surface area (TPSA) is 67.2 Å². The SMILES string of the molecule is Cc1nn(CC(C)C)c(C)c1CCC(=O)Nc1ccc(N2CCCC2=O)cc1. The lowest BCUT2D eigenvalue weighted by Gasteiger charge is -2.16. The van der Waals surface area contributed by atoms with E-state index in [-0.39, 0.29) is 11.8 Å². The number of anilines is 2. The minimum atomic E-state index is -0.0135. The van der Waals surface area contributed by atoms with E-state index < -0.39 is 0 Å². The van der Waals surface area contributed by atoms with Gasteiger partial charge in [-0.25, -0.2) is 0 Å².